The Bertz CT molecular complexity index is 349. The van der Waals surface area contributed by atoms with E-state index in [1.165, 1.54) is 4.31 Å². The summed E-state index contributed by atoms with van der Waals surface area (Å²) in [5.74, 6) is -1.11. The van der Waals surface area contributed by atoms with Gasteiger partial charge in [-0.15, -0.1) is 0 Å². The summed E-state index contributed by atoms with van der Waals surface area (Å²) in [5.41, 5.74) is 0. The van der Waals surface area contributed by atoms with Gasteiger partial charge in [-0.05, 0) is 19.3 Å². The van der Waals surface area contributed by atoms with Gasteiger partial charge in [0, 0.05) is 13.1 Å². The second-order valence-corrected chi connectivity index (χ2v) is 5.96. The van der Waals surface area contributed by atoms with Crippen LogP contribution >= 0.6 is 0 Å². The minimum absolute atomic E-state index is 0.332. The Hall–Kier alpha value is -0.660. The normalized spacial score (nSPS) is 19.4. The molecule has 2 N–H and O–H groups in total. The molecule has 1 unspecified atom stereocenters. The van der Waals surface area contributed by atoms with Crippen molar-refractivity contribution in [2.24, 2.45) is 0 Å². The second kappa shape index (κ2) is 6.32. The highest BCUT2D eigenvalue weighted by atomic mass is 32.2. The van der Waals surface area contributed by atoms with Crippen molar-refractivity contribution in [1.29, 1.82) is 0 Å². The van der Waals surface area contributed by atoms with Crippen LogP contribution in [0.25, 0.3) is 0 Å². The van der Waals surface area contributed by atoms with Crippen LogP contribution in [-0.4, -0.2) is 42.9 Å². The van der Waals surface area contributed by atoms with Crippen molar-refractivity contribution < 1.29 is 18.3 Å². The molecule has 6 nitrogen and oxygen atoms in total. The molecule has 100 valence electrons. The predicted molar refractivity (Wildman–Crippen MR) is 63.8 cm³/mol. The maximum Gasteiger partial charge on any atom is 0.321 e. The van der Waals surface area contributed by atoms with E-state index in [0.29, 0.717) is 25.9 Å². The molecule has 7 heteroatoms. The maximum absolute atomic E-state index is 11.9. The van der Waals surface area contributed by atoms with Gasteiger partial charge in [0.1, 0.15) is 6.04 Å². The molecule has 1 rings (SSSR count). The van der Waals surface area contributed by atoms with Crippen LogP contribution in [0.1, 0.15) is 39.0 Å². The van der Waals surface area contributed by atoms with Crippen molar-refractivity contribution in [3.63, 3.8) is 0 Å². The standard InChI is InChI=1S/C10H20N2O4S/c1-2-3-6-9(10(13)14)11-17(15,16)12-7-4-5-8-12/h9,11H,2-8H2,1H3,(H,13,14). The fraction of sp³-hybridized carbons (Fsp3) is 0.900. The van der Waals surface area contributed by atoms with E-state index in [1.54, 1.807) is 0 Å². The van der Waals surface area contributed by atoms with Gasteiger partial charge in [0.25, 0.3) is 10.2 Å². The number of unbranched alkanes of at least 4 members (excludes halogenated alkanes) is 1. The largest absolute Gasteiger partial charge is 0.480 e. The Morgan fingerprint density at radius 1 is 1.41 bits per heavy atom. The lowest BCUT2D eigenvalue weighted by atomic mass is 10.1. The molecule has 17 heavy (non-hydrogen) atoms. The SMILES string of the molecule is CCCCC(NS(=O)(=O)N1CCCC1)C(=O)O. The number of aliphatic carboxylic acids is 1. The minimum atomic E-state index is -3.63. The average Bonchev–Trinajstić information content (AvgIpc) is 2.77. The van der Waals surface area contributed by atoms with Crippen molar-refractivity contribution in [1.82, 2.24) is 9.03 Å². The molecule has 0 spiro atoms. The molecular weight excluding hydrogens is 244 g/mol. The van der Waals surface area contributed by atoms with Crippen molar-refractivity contribution in [3.8, 4) is 0 Å². The zero-order chi connectivity index (χ0) is 12.9. The van der Waals surface area contributed by atoms with E-state index in [0.717, 1.165) is 19.3 Å². The van der Waals surface area contributed by atoms with Crippen LogP contribution in [-0.2, 0) is 15.0 Å². The summed E-state index contributed by atoms with van der Waals surface area (Å²) in [6, 6.07) is -1.01. The van der Waals surface area contributed by atoms with Crippen molar-refractivity contribution in [2.75, 3.05) is 13.1 Å². The molecule has 0 amide bonds. The zero-order valence-electron chi connectivity index (χ0n) is 10.1. The van der Waals surface area contributed by atoms with Gasteiger partial charge in [0.2, 0.25) is 0 Å². The maximum atomic E-state index is 11.9. The third kappa shape index (κ3) is 4.25. The molecule has 0 saturated carbocycles. The van der Waals surface area contributed by atoms with Gasteiger partial charge < -0.3 is 5.11 Å². The van der Waals surface area contributed by atoms with E-state index in [2.05, 4.69) is 4.72 Å². The highest BCUT2D eigenvalue weighted by molar-refractivity contribution is 7.87. The van der Waals surface area contributed by atoms with Crippen LogP contribution in [0.3, 0.4) is 0 Å². The topological polar surface area (TPSA) is 86.7 Å². The third-order valence-electron chi connectivity index (χ3n) is 2.84. The van der Waals surface area contributed by atoms with E-state index in [-0.39, 0.29) is 0 Å². The van der Waals surface area contributed by atoms with Crippen LogP contribution in [0.5, 0.6) is 0 Å². The quantitative estimate of drug-likeness (QED) is 0.703. The lowest BCUT2D eigenvalue weighted by Gasteiger charge is -2.20. The molecule has 1 aliphatic rings. The number of hydrogen-bond donors (Lipinski definition) is 2. The first-order valence-corrected chi connectivity index (χ1v) is 7.41. The molecule has 0 aliphatic carbocycles. The molecule has 1 saturated heterocycles. The highest BCUT2D eigenvalue weighted by Gasteiger charge is 2.30. The monoisotopic (exact) mass is 264 g/mol. The molecule has 0 aromatic rings. The lowest BCUT2D eigenvalue weighted by Crippen LogP contribution is -2.47. The molecular formula is C10H20N2O4S. The molecule has 0 radical (unpaired) electrons. The first kappa shape index (κ1) is 14.4. The molecule has 0 bridgehead atoms. The van der Waals surface area contributed by atoms with Crippen LogP contribution < -0.4 is 4.72 Å². The number of carbonyl (C=O) groups is 1. The molecule has 1 fully saturated rings. The summed E-state index contributed by atoms with van der Waals surface area (Å²) in [7, 11) is -3.63. The molecule has 1 heterocycles. The molecule has 1 aliphatic heterocycles. The first-order valence-electron chi connectivity index (χ1n) is 5.97. The predicted octanol–water partition coefficient (Wildman–Crippen LogP) is 0.560. The fourth-order valence-electron chi connectivity index (χ4n) is 1.82. The summed E-state index contributed by atoms with van der Waals surface area (Å²) in [4.78, 5) is 11.0. The summed E-state index contributed by atoms with van der Waals surface area (Å²) in [6.45, 7) is 2.90. The summed E-state index contributed by atoms with van der Waals surface area (Å²) in [6.07, 6.45) is 3.55. The van der Waals surface area contributed by atoms with E-state index < -0.39 is 22.2 Å². The number of carboxylic acid groups (broad SMARTS) is 1. The van der Waals surface area contributed by atoms with Crippen molar-refractivity contribution in [2.45, 2.75) is 45.1 Å². The first-order chi connectivity index (χ1) is 7.97. The Kier molecular flexibility index (Phi) is 5.35. The van der Waals surface area contributed by atoms with Gasteiger partial charge in [-0.2, -0.15) is 17.4 Å². The highest BCUT2D eigenvalue weighted by Crippen LogP contribution is 2.13. The summed E-state index contributed by atoms with van der Waals surface area (Å²) < 4.78 is 27.3. The second-order valence-electron chi connectivity index (χ2n) is 4.26. The van der Waals surface area contributed by atoms with Gasteiger partial charge in [0.15, 0.2) is 0 Å². The average molecular weight is 264 g/mol. The number of carboxylic acids is 1. The van der Waals surface area contributed by atoms with Gasteiger partial charge in [-0.25, -0.2) is 0 Å². The molecule has 0 aromatic carbocycles. The van der Waals surface area contributed by atoms with E-state index in [1.807, 2.05) is 6.92 Å². The van der Waals surface area contributed by atoms with Crippen molar-refractivity contribution in [3.05, 3.63) is 0 Å². The van der Waals surface area contributed by atoms with Gasteiger partial charge >= 0.3 is 5.97 Å². The Labute approximate surface area is 102 Å². The van der Waals surface area contributed by atoms with Crippen LogP contribution in [0, 0.1) is 0 Å². The number of nitrogens with zero attached hydrogens (tertiary/aromatic N) is 1. The van der Waals surface area contributed by atoms with Gasteiger partial charge in [0.05, 0.1) is 0 Å². The van der Waals surface area contributed by atoms with Crippen LogP contribution in [0.4, 0.5) is 0 Å². The molecule has 1 atom stereocenters. The Morgan fingerprint density at radius 2 is 2.00 bits per heavy atom. The summed E-state index contributed by atoms with van der Waals surface area (Å²) in [5, 5.41) is 8.96. The zero-order valence-corrected chi connectivity index (χ0v) is 10.9. The molecule has 0 aromatic heterocycles. The summed E-state index contributed by atoms with van der Waals surface area (Å²) >= 11 is 0. The van der Waals surface area contributed by atoms with Gasteiger partial charge in [-0.1, -0.05) is 19.8 Å². The van der Waals surface area contributed by atoms with Crippen molar-refractivity contribution >= 4 is 16.2 Å². The lowest BCUT2D eigenvalue weighted by molar-refractivity contribution is -0.139. The Balaban J connectivity index is 2.61. The fourth-order valence-corrected chi connectivity index (χ4v) is 3.29. The van der Waals surface area contributed by atoms with Crippen LogP contribution in [0.15, 0.2) is 0 Å². The third-order valence-corrected chi connectivity index (χ3v) is 4.47. The van der Waals surface area contributed by atoms with E-state index >= 15 is 0 Å². The van der Waals surface area contributed by atoms with E-state index in [4.69, 9.17) is 5.11 Å². The Morgan fingerprint density at radius 3 is 2.47 bits per heavy atom. The number of nitrogens with one attached hydrogen (secondary N) is 1. The smallest absolute Gasteiger partial charge is 0.321 e. The number of rotatable bonds is 7. The number of hydrogen-bond acceptors (Lipinski definition) is 3. The van der Waals surface area contributed by atoms with Gasteiger partial charge in [-0.3, -0.25) is 4.79 Å². The minimum Gasteiger partial charge on any atom is -0.480 e. The van der Waals surface area contributed by atoms with Crippen LogP contribution in [0.2, 0.25) is 0 Å². The van der Waals surface area contributed by atoms with E-state index in [9.17, 15) is 13.2 Å².